The molecule has 2 N–H and O–H groups in total. The first kappa shape index (κ1) is 10.9. The van der Waals surface area contributed by atoms with Gasteiger partial charge < -0.3 is 15.4 Å². The van der Waals surface area contributed by atoms with Crippen LogP contribution in [0.4, 0.5) is 0 Å². The summed E-state index contributed by atoms with van der Waals surface area (Å²) in [6.07, 6.45) is 0. The molecule has 0 amide bonds. The highest BCUT2D eigenvalue weighted by atomic mass is 16.5. The molecule has 0 atom stereocenters. The van der Waals surface area contributed by atoms with Gasteiger partial charge in [0, 0.05) is 39.3 Å². The number of rotatable bonds is 5. The molecule has 0 aromatic heterocycles. The van der Waals surface area contributed by atoms with Crippen molar-refractivity contribution in [1.29, 1.82) is 0 Å². The number of nitrogens with two attached hydrogens (primary N) is 1. The average molecular weight is 187 g/mol. The van der Waals surface area contributed by atoms with E-state index in [1.165, 1.54) is 26.2 Å². The lowest BCUT2D eigenvalue weighted by Crippen LogP contribution is -2.45. The molecule has 4 heteroatoms. The van der Waals surface area contributed by atoms with E-state index in [0.29, 0.717) is 13.2 Å². The Labute approximate surface area is 80.6 Å². The molecule has 0 saturated carbocycles. The van der Waals surface area contributed by atoms with Gasteiger partial charge in [0.1, 0.15) is 0 Å². The lowest BCUT2D eigenvalue weighted by Gasteiger charge is -2.32. The highest BCUT2D eigenvalue weighted by molar-refractivity contribution is 4.68. The summed E-state index contributed by atoms with van der Waals surface area (Å²) < 4.78 is 5.33. The Morgan fingerprint density at radius 3 is 2.46 bits per heavy atom. The molecule has 13 heavy (non-hydrogen) atoms. The fourth-order valence-electron chi connectivity index (χ4n) is 1.45. The van der Waals surface area contributed by atoms with E-state index in [1.807, 2.05) is 0 Å². The minimum absolute atomic E-state index is 0.628. The van der Waals surface area contributed by atoms with Gasteiger partial charge in [-0.05, 0) is 7.05 Å². The highest BCUT2D eigenvalue weighted by Crippen LogP contribution is 1.97. The Kier molecular flexibility index (Phi) is 5.31. The maximum absolute atomic E-state index is 5.33. The van der Waals surface area contributed by atoms with Crippen LogP contribution in [0, 0.1) is 0 Å². The first-order valence-electron chi connectivity index (χ1n) is 5.01. The molecule has 0 spiro atoms. The second-order valence-electron chi connectivity index (χ2n) is 3.55. The molecule has 1 fully saturated rings. The summed E-state index contributed by atoms with van der Waals surface area (Å²) in [6, 6.07) is 0. The lowest BCUT2D eigenvalue weighted by atomic mass is 10.3. The Morgan fingerprint density at radius 1 is 1.15 bits per heavy atom. The van der Waals surface area contributed by atoms with E-state index in [-0.39, 0.29) is 0 Å². The quantitative estimate of drug-likeness (QED) is 0.573. The number of likely N-dealkylation sites (N-methyl/N-ethyl adjacent to an activating group) is 1. The van der Waals surface area contributed by atoms with Gasteiger partial charge in [-0.15, -0.1) is 0 Å². The summed E-state index contributed by atoms with van der Waals surface area (Å²) in [7, 11) is 2.17. The predicted octanol–water partition coefficient (Wildman–Crippen LogP) is -0.791. The Bertz CT molecular complexity index is 124. The third-order valence-corrected chi connectivity index (χ3v) is 2.41. The third kappa shape index (κ3) is 4.57. The summed E-state index contributed by atoms with van der Waals surface area (Å²) in [6.45, 7) is 7.88. The SMILES string of the molecule is CN1CCN(CCOCCN)CC1. The maximum Gasteiger partial charge on any atom is 0.0594 e. The number of hydrogen-bond acceptors (Lipinski definition) is 4. The normalized spacial score (nSPS) is 20.8. The van der Waals surface area contributed by atoms with Gasteiger partial charge in [0.25, 0.3) is 0 Å². The van der Waals surface area contributed by atoms with Crippen LogP contribution in [0.5, 0.6) is 0 Å². The summed E-state index contributed by atoms with van der Waals surface area (Å²) in [5.41, 5.74) is 5.32. The van der Waals surface area contributed by atoms with Crippen LogP contribution in [0.15, 0.2) is 0 Å². The summed E-state index contributed by atoms with van der Waals surface area (Å²) in [5.74, 6) is 0. The van der Waals surface area contributed by atoms with Gasteiger partial charge in [0.15, 0.2) is 0 Å². The molecule has 0 aliphatic carbocycles. The summed E-state index contributed by atoms with van der Waals surface area (Å²) in [5, 5.41) is 0. The molecular formula is C9H21N3O. The molecule has 1 rings (SSSR count). The lowest BCUT2D eigenvalue weighted by molar-refractivity contribution is 0.0855. The van der Waals surface area contributed by atoms with Gasteiger partial charge >= 0.3 is 0 Å². The van der Waals surface area contributed by atoms with Gasteiger partial charge in [-0.3, -0.25) is 4.90 Å². The standard InChI is InChI=1S/C9H21N3O/c1-11-3-5-12(6-4-11)7-9-13-8-2-10/h2-10H2,1H3. The van der Waals surface area contributed by atoms with Gasteiger partial charge in [0.05, 0.1) is 13.2 Å². The van der Waals surface area contributed by atoms with Crippen molar-refractivity contribution >= 4 is 0 Å². The smallest absolute Gasteiger partial charge is 0.0594 e. The molecule has 1 saturated heterocycles. The first-order valence-corrected chi connectivity index (χ1v) is 5.01. The number of ether oxygens (including phenoxy) is 1. The second-order valence-corrected chi connectivity index (χ2v) is 3.55. The van der Waals surface area contributed by atoms with Crippen LogP contribution in [-0.4, -0.2) is 69.3 Å². The maximum atomic E-state index is 5.33. The fourth-order valence-corrected chi connectivity index (χ4v) is 1.45. The van der Waals surface area contributed by atoms with Crippen molar-refractivity contribution < 1.29 is 4.74 Å². The van der Waals surface area contributed by atoms with E-state index in [0.717, 1.165) is 13.2 Å². The zero-order valence-electron chi connectivity index (χ0n) is 8.54. The van der Waals surface area contributed by atoms with Gasteiger partial charge in [0.2, 0.25) is 0 Å². The van der Waals surface area contributed by atoms with E-state index in [4.69, 9.17) is 10.5 Å². The average Bonchev–Trinajstić information content (AvgIpc) is 2.15. The van der Waals surface area contributed by atoms with E-state index in [2.05, 4.69) is 16.8 Å². The van der Waals surface area contributed by atoms with Crippen molar-refractivity contribution in [3.63, 3.8) is 0 Å². The van der Waals surface area contributed by atoms with Crippen molar-refractivity contribution in [1.82, 2.24) is 9.80 Å². The van der Waals surface area contributed by atoms with Crippen molar-refractivity contribution in [2.45, 2.75) is 0 Å². The van der Waals surface area contributed by atoms with Crippen LogP contribution in [-0.2, 0) is 4.74 Å². The van der Waals surface area contributed by atoms with Gasteiger partial charge in [-0.2, -0.15) is 0 Å². The van der Waals surface area contributed by atoms with Crippen molar-refractivity contribution in [2.24, 2.45) is 5.73 Å². The molecule has 0 bridgehead atoms. The fraction of sp³-hybridized carbons (Fsp3) is 1.00. The minimum atomic E-state index is 0.628. The van der Waals surface area contributed by atoms with E-state index in [9.17, 15) is 0 Å². The Morgan fingerprint density at radius 2 is 1.85 bits per heavy atom. The van der Waals surface area contributed by atoms with Crippen molar-refractivity contribution in [3.05, 3.63) is 0 Å². The van der Waals surface area contributed by atoms with Gasteiger partial charge in [-0.25, -0.2) is 0 Å². The van der Waals surface area contributed by atoms with Crippen LogP contribution in [0.2, 0.25) is 0 Å². The van der Waals surface area contributed by atoms with Crippen molar-refractivity contribution in [2.75, 3.05) is 59.5 Å². The van der Waals surface area contributed by atoms with Gasteiger partial charge in [-0.1, -0.05) is 0 Å². The zero-order chi connectivity index (χ0) is 9.52. The highest BCUT2D eigenvalue weighted by Gasteiger charge is 2.12. The number of hydrogen-bond donors (Lipinski definition) is 1. The predicted molar refractivity (Wildman–Crippen MR) is 53.8 cm³/mol. The van der Waals surface area contributed by atoms with E-state index < -0.39 is 0 Å². The van der Waals surface area contributed by atoms with Crippen LogP contribution in [0.25, 0.3) is 0 Å². The molecule has 0 aromatic carbocycles. The zero-order valence-corrected chi connectivity index (χ0v) is 8.54. The third-order valence-electron chi connectivity index (χ3n) is 2.41. The molecule has 0 unspecified atom stereocenters. The molecule has 1 aliphatic heterocycles. The topological polar surface area (TPSA) is 41.7 Å². The molecule has 0 aromatic rings. The largest absolute Gasteiger partial charge is 0.379 e. The van der Waals surface area contributed by atoms with E-state index in [1.54, 1.807) is 0 Å². The molecule has 0 radical (unpaired) electrons. The molecule has 1 aliphatic rings. The molecule has 4 nitrogen and oxygen atoms in total. The summed E-state index contributed by atoms with van der Waals surface area (Å²) >= 11 is 0. The Hall–Kier alpha value is -0.160. The van der Waals surface area contributed by atoms with Crippen LogP contribution in [0.3, 0.4) is 0 Å². The van der Waals surface area contributed by atoms with Crippen LogP contribution < -0.4 is 5.73 Å². The van der Waals surface area contributed by atoms with E-state index >= 15 is 0 Å². The molecular weight excluding hydrogens is 166 g/mol. The molecule has 78 valence electrons. The van der Waals surface area contributed by atoms with Crippen LogP contribution in [0.1, 0.15) is 0 Å². The minimum Gasteiger partial charge on any atom is -0.379 e. The number of nitrogens with zero attached hydrogens (tertiary/aromatic N) is 2. The van der Waals surface area contributed by atoms with Crippen LogP contribution >= 0.6 is 0 Å². The molecule has 1 heterocycles. The first-order chi connectivity index (χ1) is 6.33. The second kappa shape index (κ2) is 6.32. The monoisotopic (exact) mass is 187 g/mol. The van der Waals surface area contributed by atoms with Crippen molar-refractivity contribution in [3.8, 4) is 0 Å². The number of piperazine rings is 1. The summed E-state index contributed by atoms with van der Waals surface area (Å²) in [4.78, 5) is 4.80. The Balaban J connectivity index is 1.96.